The number of carbonyl (C=O) groups excluding carboxylic acids is 1. The maximum Gasteiger partial charge on any atom is 0.433 e. The highest BCUT2D eigenvalue weighted by molar-refractivity contribution is 6.20. The van der Waals surface area contributed by atoms with Gasteiger partial charge in [0.1, 0.15) is 12.7 Å². The minimum absolute atomic E-state index is 0.345. The van der Waals surface area contributed by atoms with Gasteiger partial charge in [-0.25, -0.2) is 14.5 Å². The van der Waals surface area contributed by atoms with E-state index < -0.39 is 11.5 Å². The molecule has 0 aromatic carbocycles. The van der Waals surface area contributed by atoms with Crippen molar-refractivity contribution in [3.05, 3.63) is 12.7 Å². The summed E-state index contributed by atoms with van der Waals surface area (Å²) in [6, 6.07) is 0. The van der Waals surface area contributed by atoms with Gasteiger partial charge in [0.2, 0.25) is 0 Å². The normalized spacial score (nSPS) is 12.3. The molecule has 0 radical (unpaired) electrons. The first-order chi connectivity index (χ1) is 8.49. The largest absolute Gasteiger partial charge is 0.433 e. The van der Waals surface area contributed by atoms with E-state index in [-0.39, 0.29) is 0 Å². The fraction of sp³-hybridized carbons (Fsp3) is 0.600. The summed E-state index contributed by atoms with van der Waals surface area (Å²) in [5, 5.41) is 10.1. The van der Waals surface area contributed by atoms with Crippen molar-refractivity contribution in [2.24, 2.45) is 10.6 Å². The second-order valence-electron chi connectivity index (χ2n) is 4.28. The summed E-state index contributed by atoms with van der Waals surface area (Å²) in [5.74, 6) is 0.345. The Kier molecular flexibility index (Phi) is 5.08. The molecule has 1 amide bonds. The molecule has 0 bridgehead atoms. The number of oxime groups is 1. The lowest BCUT2D eigenvalue weighted by molar-refractivity contribution is 0.151. The molecule has 0 atom stereocenters. The first kappa shape index (κ1) is 14.4. The minimum Gasteiger partial charge on any atom is -0.323 e. The Labute approximate surface area is 110 Å². The van der Waals surface area contributed by atoms with E-state index in [0.29, 0.717) is 18.1 Å². The second-order valence-corrected chi connectivity index (χ2v) is 4.54. The summed E-state index contributed by atoms with van der Waals surface area (Å²) < 4.78 is 1.58. The Bertz CT molecular complexity index is 416. The average molecular weight is 274 g/mol. The van der Waals surface area contributed by atoms with Gasteiger partial charge in [0, 0.05) is 18.3 Å². The number of nitrogens with one attached hydrogen (secondary N) is 1. The van der Waals surface area contributed by atoms with Crippen LogP contribution in [0.1, 0.15) is 13.8 Å². The zero-order chi connectivity index (χ0) is 13.6. The van der Waals surface area contributed by atoms with Gasteiger partial charge in [0.05, 0.1) is 12.3 Å². The van der Waals surface area contributed by atoms with Crippen LogP contribution in [-0.2, 0) is 11.4 Å². The molecule has 1 N–H and O–H groups in total. The van der Waals surface area contributed by atoms with Crippen molar-refractivity contribution in [1.82, 2.24) is 20.1 Å². The van der Waals surface area contributed by atoms with Gasteiger partial charge in [-0.1, -0.05) is 19.0 Å². The van der Waals surface area contributed by atoms with Crippen LogP contribution in [-0.4, -0.2) is 39.5 Å². The fourth-order valence-corrected chi connectivity index (χ4v) is 1.21. The Balaban J connectivity index is 2.84. The van der Waals surface area contributed by atoms with Gasteiger partial charge < -0.3 is 5.32 Å². The molecule has 18 heavy (non-hydrogen) atoms. The standard InChI is InChI=1S/C10H16ClN5O2/c1-10(2,5-11)8(15-18-9(17)12-3)4-16-7-13-6-14-16/h6-7H,4-5H2,1-3H3,(H,12,17). The van der Waals surface area contributed by atoms with Crippen LogP contribution in [0, 0.1) is 5.41 Å². The third-order valence-corrected chi connectivity index (χ3v) is 3.00. The molecule has 1 aromatic rings. The van der Waals surface area contributed by atoms with Crippen molar-refractivity contribution in [3.63, 3.8) is 0 Å². The van der Waals surface area contributed by atoms with Gasteiger partial charge in [0.15, 0.2) is 0 Å². The molecule has 0 saturated heterocycles. The number of hydrogen-bond acceptors (Lipinski definition) is 5. The van der Waals surface area contributed by atoms with Gasteiger partial charge in [-0.05, 0) is 0 Å². The molecular formula is C10H16ClN5O2. The van der Waals surface area contributed by atoms with Crippen LogP contribution in [0.3, 0.4) is 0 Å². The lowest BCUT2D eigenvalue weighted by atomic mass is 9.90. The summed E-state index contributed by atoms with van der Waals surface area (Å²) in [5.41, 5.74) is 0.188. The van der Waals surface area contributed by atoms with E-state index in [4.69, 9.17) is 16.4 Å². The SMILES string of the molecule is CNC(=O)ON=C(Cn1cncn1)C(C)(C)CCl. The molecule has 100 valence electrons. The highest BCUT2D eigenvalue weighted by Gasteiger charge is 2.26. The molecular weight excluding hydrogens is 258 g/mol. The van der Waals surface area contributed by atoms with Crippen LogP contribution < -0.4 is 5.32 Å². The number of hydrogen-bond donors (Lipinski definition) is 1. The highest BCUT2D eigenvalue weighted by Crippen LogP contribution is 2.21. The van der Waals surface area contributed by atoms with E-state index >= 15 is 0 Å². The van der Waals surface area contributed by atoms with Gasteiger partial charge in [0.25, 0.3) is 0 Å². The second kappa shape index (κ2) is 6.34. The topological polar surface area (TPSA) is 81.4 Å². The molecule has 0 aliphatic heterocycles. The lowest BCUT2D eigenvalue weighted by Gasteiger charge is -2.22. The van der Waals surface area contributed by atoms with Gasteiger partial charge in [-0.3, -0.25) is 4.84 Å². The number of nitrogens with zero attached hydrogens (tertiary/aromatic N) is 4. The smallest absolute Gasteiger partial charge is 0.323 e. The third-order valence-electron chi connectivity index (χ3n) is 2.34. The zero-order valence-corrected chi connectivity index (χ0v) is 11.3. The van der Waals surface area contributed by atoms with Crippen LogP contribution in [0.25, 0.3) is 0 Å². The molecule has 1 rings (SSSR count). The number of alkyl halides is 1. The van der Waals surface area contributed by atoms with E-state index in [2.05, 4.69) is 20.6 Å². The average Bonchev–Trinajstić information content (AvgIpc) is 2.86. The van der Waals surface area contributed by atoms with Crippen molar-refractivity contribution in [3.8, 4) is 0 Å². The Hall–Kier alpha value is -1.63. The van der Waals surface area contributed by atoms with Crippen LogP contribution in [0.5, 0.6) is 0 Å². The predicted molar refractivity (Wildman–Crippen MR) is 67.5 cm³/mol. The fourth-order valence-electron chi connectivity index (χ4n) is 1.05. The molecule has 1 heterocycles. The monoisotopic (exact) mass is 273 g/mol. The van der Waals surface area contributed by atoms with E-state index in [1.807, 2.05) is 13.8 Å². The minimum atomic E-state index is -0.628. The number of halogens is 1. The van der Waals surface area contributed by atoms with E-state index in [0.717, 1.165) is 0 Å². The molecule has 0 unspecified atom stereocenters. The maximum atomic E-state index is 11.0. The number of rotatable bonds is 5. The van der Waals surface area contributed by atoms with Gasteiger partial charge >= 0.3 is 6.09 Å². The Morgan fingerprint density at radius 3 is 2.83 bits per heavy atom. The summed E-state index contributed by atoms with van der Waals surface area (Å²) in [7, 11) is 1.46. The number of aromatic nitrogens is 3. The van der Waals surface area contributed by atoms with Crippen molar-refractivity contribution < 1.29 is 9.63 Å². The van der Waals surface area contributed by atoms with Crippen LogP contribution >= 0.6 is 11.6 Å². The highest BCUT2D eigenvalue weighted by atomic mass is 35.5. The van der Waals surface area contributed by atoms with E-state index in [9.17, 15) is 4.79 Å². The Morgan fingerprint density at radius 2 is 2.33 bits per heavy atom. The molecule has 7 nitrogen and oxygen atoms in total. The summed E-state index contributed by atoms with van der Waals surface area (Å²) in [6.45, 7) is 4.17. The maximum absolute atomic E-state index is 11.0. The summed E-state index contributed by atoms with van der Waals surface area (Å²) >= 11 is 5.90. The molecule has 0 fully saturated rings. The molecule has 0 aliphatic rings. The first-order valence-corrected chi connectivity index (χ1v) is 5.87. The molecule has 0 saturated carbocycles. The molecule has 0 spiro atoms. The van der Waals surface area contributed by atoms with Crippen molar-refractivity contribution in [2.45, 2.75) is 20.4 Å². The first-order valence-electron chi connectivity index (χ1n) is 5.34. The summed E-state index contributed by atoms with van der Waals surface area (Å²) in [6.07, 6.45) is 2.35. The zero-order valence-electron chi connectivity index (χ0n) is 10.6. The molecule has 8 heteroatoms. The van der Waals surface area contributed by atoms with Crippen LogP contribution in [0.2, 0.25) is 0 Å². The molecule has 0 aliphatic carbocycles. The van der Waals surface area contributed by atoms with E-state index in [1.54, 1.807) is 11.0 Å². The van der Waals surface area contributed by atoms with E-state index in [1.165, 1.54) is 13.4 Å². The molecule has 1 aromatic heterocycles. The summed E-state index contributed by atoms with van der Waals surface area (Å²) in [4.78, 5) is 19.6. The van der Waals surface area contributed by atoms with Crippen molar-refractivity contribution >= 4 is 23.4 Å². The van der Waals surface area contributed by atoms with Crippen molar-refractivity contribution in [2.75, 3.05) is 12.9 Å². The predicted octanol–water partition coefficient (Wildman–Crippen LogP) is 1.26. The third kappa shape index (κ3) is 3.99. The van der Waals surface area contributed by atoms with Crippen molar-refractivity contribution in [1.29, 1.82) is 0 Å². The van der Waals surface area contributed by atoms with Gasteiger partial charge in [-0.15, -0.1) is 11.6 Å². The van der Waals surface area contributed by atoms with Crippen LogP contribution in [0.4, 0.5) is 4.79 Å². The number of amides is 1. The lowest BCUT2D eigenvalue weighted by Crippen LogP contribution is -2.31. The Morgan fingerprint density at radius 1 is 1.61 bits per heavy atom. The van der Waals surface area contributed by atoms with Gasteiger partial charge in [-0.2, -0.15) is 5.10 Å². The quantitative estimate of drug-likeness (QED) is 0.379. The number of carbonyl (C=O) groups is 1. The van der Waals surface area contributed by atoms with Crippen LogP contribution in [0.15, 0.2) is 17.8 Å².